The fourth-order valence-electron chi connectivity index (χ4n) is 3.96. The lowest BCUT2D eigenvalue weighted by Crippen LogP contribution is -2.16. The van der Waals surface area contributed by atoms with Crippen LogP contribution in [0.4, 0.5) is 5.69 Å². The highest BCUT2D eigenvalue weighted by Crippen LogP contribution is 2.45. The minimum atomic E-state index is -3.94. The average Bonchev–Trinajstić information content (AvgIpc) is 3.26. The standard InChI is InChI=1S/C27H25Cl2NO5S/c1-16-5-9-19(10-6-16)36(31,32)30-23-15-26(34-4)25(33-3)14-21(23)27(24-12-7-17(2)35-24)20-11-8-18(28)13-22(20)29/h5-15,27,30H,1-4H3/t27-/m1/s1. The highest BCUT2D eigenvalue weighted by molar-refractivity contribution is 7.92. The summed E-state index contributed by atoms with van der Waals surface area (Å²) in [4.78, 5) is 0.128. The van der Waals surface area contributed by atoms with E-state index in [2.05, 4.69) is 4.72 Å². The van der Waals surface area contributed by atoms with Gasteiger partial charge in [0.25, 0.3) is 10.0 Å². The van der Waals surface area contributed by atoms with Crippen molar-refractivity contribution in [1.82, 2.24) is 0 Å². The van der Waals surface area contributed by atoms with Gasteiger partial charge in [-0.1, -0.05) is 47.0 Å². The molecule has 0 bridgehead atoms. The first-order valence-corrected chi connectivity index (χ1v) is 13.2. The summed E-state index contributed by atoms with van der Waals surface area (Å²) in [7, 11) is -0.939. The summed E-state index contributed by atoms with van der Waals surface area (Å²) in [5.74, 6) is 1.46. The Morgan fingerprint density at radius 2 is 1.50 bits per heavy atom. The molecule has 3 aromatic carbocycles. The second-order valence-corrected chi connectivity index (χ2v) is 10.8. The zero-order valence-electron chi connectivity index (χ0n) is 20.1. The number of hydrogen-bond acceptors (Lipinski definition) is 5. The van der Waals surface area contributed by atoms with Crippen molar-refractivity contribution in [3.05, 3.63) is 105 Å². The Morgan fingerprint density at radius 3 is 2.08 bits per heavy atom. The van der Waals surface area contributed by atoms with Crippen molar-refractivity contribution in [2.24, 2.45) is 0 Å². The molecule has 0 unspecified atom stereocenters. The molecule has 0 aliphatic carbocycles. The second-order valence-electron chi connectivity index (χ2n) is 8.26. The quantitative estimate of drug-likeness (QED) is 0.253. The van der Waals surface area contributed by atoms with E-state index in [1.807, 2.05) is 26.0 Å². The third-order valence-corrected chi connectivity index (χ3v) is 7.71. The molecule has 36 heavy (non-hydrogen) atoms. The fourth-order valence-corrected chi connectivity index (χ4v) is 5.56. The Labute approximate surface area is 220 Å². The van der Waals surface area contributed by atoms with Crippen LogP contribution in [0.5, 0.6) is 11.5 Å². The molecule has 0 fully saturated rings. The maximum Gasteiger partial charge on any atom is 0.261 e. The molecule has 1 atom stereocenters. The Kier molecular flexibility index (Phi) is 7.54. The van der Waals surface area contributed by atoms with E-state index in [9.17, 15) is 8.42 Å². The van der Waals surface area contributed by atoms with E-state index < -0.39 is 15.9 Å². The Morgan fingerprint density at radius 1 is 0.833 bits per heavy atom. The van der Waals surface area contributed by atoms with Crippen LogP contribution in [-0.2, 0) is 10.0 Å². The average molecular weight is 546 g/mol. The van der Waals surface area contributed by atoms with E-state index in [0.29, 0.717) is 49.9 Å². The van der Waals surface area contributed by atoms with Gasteiger partial charge in [-0.15, -0.1) is 0 Å². The molecule has 0 spiro atoms. The van der Waals surface area contributed by atoms with Crippen molar-refractivity contribution in [2.45, 2.75) is 24.7 Å². The number of ether oxygens (including phenoxy) is 2. The molecule has 4 aromatic rings. The molecule has 0 saturated heterocycles. The van der Waals surface area contributed by atoms with Gasteiger partial charge in [0, 0.05) is 16.1 Å². The van der Waals surface area contributed by atoms with Gasteiger partial charge in [0.05, 0.1) is 30.7 Å². The van der Waals surface area contributed by atoms with E-state index in [4.69, 9.17) is 37.1 Å². The van der Waals surface area contributed by atoms with Crippen LogP contribution in [0, 0.1) is 13.8 Å². The fraction of sp³-hybridized carbons (Fsp3) is 0.185. The van der Waals surface area contributed by atoms with Gasteiger partial charge in [0.1, 0.15) is 11.5 Å². The monoisotopic (exact) mass is 545 g/mol. The number of furan rings is 1. The lowest BCUT2D eigenvalue weighted by atomic mass is 9.87. The molecule has 0 aliphatic heterocycles. The second kappa shape index (κ2) is 10.5. The zero-order chi connectivity index (χ0) is 26.0. The van der Waals surface area contributed by atoms with Crippen LogP contribution in [0.15, 0.2) is 76.0 Å². The predicted molar refractivity (Wildman–Crippen MR) is 142 cm³/mol. The number of sulfonamides is 1. The number of halogens is 2. The molecule has 0 amide bonds. The molecule has 1 aromatic heterocycles. The van der Waals surface area contributed by atoms with Crippen LogP contribution >= 0.6 is 23.2 Å². The van der Waals surface area contributed by atoms with Gasteiger partial charge in [0.2, 0.25) is 0 Å². The third-order valence-electron chi connectivity index (χ3n) is 5.76. The van der Waals surface area contributed by atoms with Crippen molar-refractivity contribution in [1.29, 1.82) is 0 Å². The normalized spacial score (nSPS) is 12.3. The van der Waals surface area contributed by atoms with Crippen LogP contribution in [0.1, 0.15) is 34.1 Å². The molecular weight excluding hydrogens is 521 g/mol. The first-order chi connectivity index (χ1) is 17.1. The van der Waals surface area contributed by atoms with Crippen LogP contribution in [0.25, 0.3) is 0 Å². The molecule has 188 valence electrons. The summed E-state index contributed by atoms with van der Waals surface area (Å²) in [5.41, 5.74) is 2.48. The molecule has 0 aliphatic rings. The highest BCUT2D eigenvalue weighted by Gasteiger charge is 2.29. The Hall–Kier alpha value is -3.13. The van der Waals surface area contributed by atoms with E-state index in [1.165, 1.54) is 14.2 Å². The molecule has 1 N–H and O–H groups in total. The van der Waals surface area contributed by atoms with Gasteiger partial charge in [-0.25, -0.2) is 8.42 Å². The maximum atomic E-state index is 13.4. The topological polar surface area (TPSA) is 77.8 Å². The summed E-state index contributed by atoms with van der Waals surface area (Å²) < 4.78 is 46.5. The number of benzene rings is 3. The maximum absolute atomic E-state index is 13.4. The summed E-state index contributed by atoms with van der Waals surface area (Å²) >= 11 is 12.8. The summed E-state index contributed by atoms with van der Waals surface area (Å²) in [6.07, 6.45) is 0. The van der Waals surface area contributed by atoms with Gasteiger partial charge in [-0.05, 0) is 67.4 Å². The van der Waals surface area contributed by atoms with Crippen LogP contribution in [0.3, 0.4) is 0 Å². The van der Waals surface area contributed by atoms with Gasteiger partial charge < -0.3 is 13.9 Å². The van der Waals surface area contributed by atoms with Gasteiger partial charge in [0.15, 0.2) is 11.5 Å². The van der Waals surface area contributed by atoms with E-state index in [1.54, 1.807) is 54.6 Å². The van der Waals surface area contributed by atoms with E-state index >= 15 is 0 Å². The smallest absolute Gasteiger partial charge is 0.261 e. The van der Waals surface area contributed by atoms with Crippen molar-refractivity contribution < 1.29 is 22.3 Å². The van der Waals surface area contributed by atoms with Crippen LogP contribution < -0.4 is 14.2 Å². The molecule has 1 heterocycles. The largest absolute Gasteiger partial charge is 0.493 e. The first-order valence-electron chi connectivity index (χ1n) is 11.0. The molecule has 6 nitrogen and oxygen atoms in total. The third kappa shape index (κ3) is 5.33. The van der Waals surface area contributed by atoms with Crippen molar-refractivity contribution in [3.8, 4) is 11.5 Å². The minimum absolute atomic E-state index is 0.128. The van der Waals surface area contributed by atoms with Crippen molar-refractivity contribution in [2.75, 3.05) is 18.9 Å². The van der Waals surface area contributed by atoms with E-state index in [-0.39, 0.29) is 4.90 Å². The lowest BCUT2D eigenvalue weighted by Gasteiger charge is -2.23. The summed E-state index contributed by atoms with van der Waals surface area (Å²) in [6.45, 7) is 3.72. The lowest BCUT2D eigenvalue weighted by molar-refractivity contribution is 0.354. The Balaban J connectivity index is 1.96. The van der Waals surface area contributed by atoms with Gasteiger partial charge >= 0.3 is 0 Å². The molecule has 0 radical (unpaired) electrons. The number of methoxy groups -OCH3 is 2. The predicted octanol–water partition coefficient (Wildman–Crippen LogP) is 7.20. The van der Waals surface area contributed by atoms with E-state index in [0.717, 1.165) is 5.56 Å². The first kappa shape index (κ1) is 25.9. The molecule has 9 heteroatoms. The number of rotatable bonds is 8. The van der Waals surface area contributed by atoms with Gasteiger partial charge in [-0.3, -0.25) is 4.72 Å². The summed E-state index contributed by atoms with van der Waals surface area (Å²) in [6, 6.07) is 18.7. The number of nitrogens with one attached hydrogen (secondary N) is 1. The zero-order valence-corrected chi connectivity index (χ0v) is 22.5. The molecule has 4 rings (SSSR count). The molecular formula is C27H25Cl2NO5S. The van der Waals surface area contributed by atoms with Crippen LogP contribution in [-0.4, -0.2) is 22.6 Å². The minimum Gasteiger partial charge on any atom is -0.493 e. The molecule has 0 saturated carbocycles. The number of anilines is 1. The Bertz CT molecular complexity index is 1500. The number of hydrogen-bond donors (Lipinski definition) is 1. The highest BCUT2D eigenvalue weighted by atomic mass is 35.5. The van der Waals surface area contributed by atoms with Crippen molar-refractivity contribution in [3.63, 3.8) is 0 Å². The van der Waals surface area contributed by atoms with Gasteiger partial charge in [-0.2, -0.15) is 0 Å². The SMILES string of the molecule is COc1cc(NS(=O)(=O)c2ccc(C)cc2)c([C@H](c2ccc(C)o2)c2ccc(Cl)cc2Cl)cc1OC. The van der Waals surface area contributed by atoms with Crippen molar-refractivity contribution >= 4 is 38.9 Å². The van der Waals surface area contributed by atoms with Crippen LogP contribution in [0.2, 0.25) is 10.0 Å². The summed E-state index contributed by atoms with van der Waals surface area (Å²) in [5, 5.41) is 0.884. The number of aryl methyl sites for hydroxylation is 2.